The van der Waals surface area contributed by atoms with E-state index in [-0.39, 0.29) is 23.1 Å². The molecule has 0 radical (unpaired) electrons. The predicted molar refractivity (Wildman–Crippen MR) is 69.2 cm³/mol. The van der Waals surface area contributed by atoms with Crippen LogP contribution in [0.4, 0.5) is 0 Å². The van der Waals surface area contributed by atoms with Crippen molar-refractivity contribution in [2.75, 3.05) is 0 Å². The Hall–Kier alpha value is -1.51. The largest absolute Gasteiger partial charge is 0.508 e. The summed E-state index contributed by atoms with van der Waals surface area (Å²) >= 11 is 0. The molecule has 0 saturated carbocycles. The molecule has 0 aliphatic carbocycles. The van der Waals surface area contributed by atoms with Crippen molar-refractivity contribution >= 4 is 5.91 Å². The van der Waals surface area contributed by atoms with Crippen LogP contribution in [0.3, 0.4) is 0 Å². The van der Waals surface area contributed by atoms with Gasteiger partial charge in [0.2, 0.25) is 0 Å². The van der Waals surface area contributed by atoms with Gasteiger partial charge in [0, 0.05) is 11.6 Å². The van der Waals surface area contributed by atoms with Gasteiger partial charge in [0.25, 0.3) is 5.91 Å². The van der Waals surface area contributed by atoms with Crippen molar-refractivity contribution in [2.24, 2.45) is 5.41 Å². The molecule has 2 N–H and O–H groups in total. The zero-order chi connectivity index (χ0) is 13.2. The first kappa shape index (κ1) is 13.6. The van der Waals surface area contributed by atoms with Gasteiger partial charge in [-0.2, -0.15) is 0 Å². The molecule has 94 valence electrons. The van der Waals surface area contributed by atoms with E-state index < -0.39 is 0 Å². The number of nitrogens with one attached hydrogen (secondary N) is 1. The molecule has 1 rings (SSSR count). The summed E-state index contributed by atoms with van der Waals surface area (Å²) in [6.07, 6.45) is 0. The fourth-order valence-corrected chi connectivity index (χ4v) is 1.39. The lowest BCUT2D eigenvalue weighted by atomic mass is 9.88. The molecule has 0 fully saturated rings. The highest BCUT2D eigenvalue weighted by Gasteiger charge is 2.22. The summed E-state index contributed by atoms with van der Waals surface area (Å²) < 4.78 is 0. The molecule has 17 heavy (non-hydrogen) atoms. The van der Waals surface area contributed by atoms with Crippen molar-refractivity contribution in [3.63, 3.8) is 0 Å². The van der Waals surface area contributed by atoms with Gasteiger partial charge in [0.1, 0.15) is 5.75 Å². The third-order valence-corrected chi connectivity index (χ3v) is 3.10. The van der Waals surface area contributed by atoms with E-state index in [0.717, 1.165) is 5.56 Å². The highest BCUT2D eigenvalue weighted by Crippen LogP contribution is 2.20. The second-order valence-electron chi connectivity index (χ2n) is 5.56. The van der Waals surface area contributed by atoms with Crippen LogP contribution in [0.1, 0.15) is 43.6 Å². The molecule has 0 saturated heterocycles. The number of hydrogen-bond acceptors (Lipinski definition) is 2. The van der Waals surface area contributed by atoms with Crippen LogP contribution in [0, 0.1) is 12.3 Å². The van der Waals surface area contributed by atoms with Crippen LogP contribution in [0.2, 0.25) is 0 Å². The number of hydrogen-bond donors (Lipinski definition) is 2. The van der Waals surface area contributed by atoms with Crippen molar-refractivity contribution in [3.8, 4) is 5.75 Å². The van der Waals surface area contributed by atoms with Crippen LogP contribution in [-0.2, 0) is 0 Å². The molecule has 1 aromatic rings. The Labute approximate surface area is 103 Å². The van der Waals surface area contributed by atoms with E-state index in [0.29, 0.717) is 5.56 Å². The minimum atomic E-state index is -0.0927. The zero-order valence-electron chi connectivity index (χ0n) is 11.2. The maximum Gasteiger partial charge on any atom is 0.251 e. The number of aryl methyl sites for hydroxylation is 1. The SMILES string of the molecule is Cc1cc(O)ccc1C(=O)NC(C)C(C)(C)C. The number of amides is 1. The Bertz CT molecular complexity index is 419. The molecule has 0 aliphatic heterocycles. The third-order valence-electron chi connectivity index (χ3n) is 3.10. The van der Waals surface area contributed by atoms with Gasteiger partial charge in [-0.1, -0.05) is 20.8 Å². The maximum absolute atomic E-state index is 12.0. The molecule has 1 atom stereocenters. The van der Waals surface area contributed by atoms with Crippen molar-refractivity contribution in [3.05, 3.63) is 29.3 Å². The standard InChI is InChI=1S/C14H21NO2/c1-9-8-11(16)6-7-12(9)13(17)15-10(2)14(3,4)5/h6-8,10,16H,1-5H3,(H,15,17). The summed E-state index contributed by atoms with van der Waals surface area (Å²) in [5, 5.41) is 12.3. The Morgan fingerprint density at radius 2 is 1.94 bits per heavy atom. The topological polar surface area (TPSA) is 49.3 Å². The molecule has 1 amide bonds. The lowest BCUT2D eigenvalue weighted by molar-refractivity contribution is 0.0909. The van der Waals surface area contributed by atoms with Crippen LogP contribution in [-0.4, -0.2) is 17.1 Å². The molecule has 1 unspecified atom stereocenters. The first-order valence-electron chi connectivity index (χ1n) is 5.82. The van der Waals surface area contributed by atoms with Gasteiger partial charge in [-0.3, -0.25) is 4.79 Å². The molecule has 0 bridgehead atoms. The van der Waals surface area contributed by atoms with Gasteiger partial charge >= 0.3 is 0 Å². The van der Waals surface area contributed by atoms with E-state index in [2.05, 4.69) is 26.1 Å². The van der Waals surface area contributed by atoms with Crippen LogP contribution < -0.4 is 5.32 Å². The molecule has 0 spiro atoms. The predicted octanol–water partition coefficient (Wildman–Crippen LogP) is 2.87. The van der Waals surface area contributed by atoms with Crippen LogP contribution in [0.5, 0.6) is 5.75 Å². The summed E-state index contributed by atoms with van der Waals surface area (Å²) in [6.45, 7) is 10.1. The molecule has 0 aromatic heterocycles. The second kappa shape index (κ2) is 4.78. The lowest BCUT2D eigenvalue weighted by Gasteiger charge is -2.28. The van der Waals surface area contributed by atoms with Crippen molar-refractivity contribution in [2.45, 2.75) is 40.7 Å². The summed E-state index contributed by atoms with van der Waals surface area (Å²) in [6, 6.07) is 4.86. The first-order valence-corrected chi connectivity index (χ1v) is 5.82. The normalized spacial score (nSPS) is 13.2. The smallest absolute Gasteiger partial charge is 0.251 e. The number of carbonyl (C=O) groups excluding carboxylic acids is 1. The van der Waals surface area contributed by atoms with Gasteiger partial charge in [0.15, 0.2) is 0 Å². The third kappa shape index (κ3) is 3.48. The van der Waals surface area contributed by atoms with E-state index >= 15 is 0 Å². The maximum atomic E-state index is 12.0. The van der Waals surface area contributed by atoms with E-state index in [1.54, 1.807) is 12.1 Å². The average molecular weight is 235 g/mol. The van der Waals surface area contributed by atoms with Gasteiger partial charge in [-0.15, -0.1) is 0 Å². The van der Waals surface area contributed by atoms with E-state index in [4.69, 9.17) is 0 Å². The quantitative estimate of drug-likeness (QED) is 0.828. The number of phenols is 1. The van der Waals surface area contributed by atoms with Gasteiger partial charge < -0.3 is 10.4 Å². The van der Waals surface area contributed by atoms with Crippen molar-refractivity contribution < 1.29 is 9.90 Å². The zero-order valence-corrected chi connectivity index (χ0v) is 11.2. The molecular formula is C14H21NO2. The number of rotatable bonds is 2. The molecule has 3 heteroatoms. The van der Waals surface area contributed by atoms with Gasteiger partial charge in [0.05, 0.1) is 0 Å². The fraction of sp³-hybridized carbons (Fsp3) is 0.500. The summed E-state index contributed by atoms with van der Waals surface area (Å²) in [4.78, 5) is 12.0. The Balaban J connectivity index is 2.84. The number of aromatic hydroxyl groups is 1. The lowest BCUT2D eigenvalue weighted by Crippen LogP contribution is -2.41. The number of benzene rings is 1. The Morgan fingerprint density at radius 1 is 1.35 bits per heavy atom. The molecule has 0 aliphatic rings. The van der Waals surface area contributed by atoms with E-state index in [9.17, 15) is 9.90 Å². The van der Waals surface area contributed by atoms with Crippen LogP contribution >= 0.6 is 0 Å². The van der Waals surface area contributed by atoms with E-state index in [1.165, 1.54) is 6.07 Å². The van der Waals surface area contributed by atoms with Crippen LogP contribution in [0.25, 0.3) is 0 Å². The molecule has 0 heterocycles. The van der Waals surface area contributed by atoms with Crippen molar-refractivity contribution in [1.82, 2.24) is 5.32 Å². The minimum Gasteiger partial charge on any atom is -0.508 e. The Kier molecular flexibility index (Phi) is 3.81. The summed E-state index contributed by atoms with van der Waals surface area (Å²) in [7, 11) is 0. The highest BCUT2D eigenvalue weighted by atomic mass is 16.3. The fourth-order valence-electron chi connectivity index (χ4n) is 1.39. The number of phenolic OH excluding ortho intramolecular Hbond substituents is 1. The van der Waals surface area contributed by atoms with Gasteiger partial charge in [-0.05, 0) is 43.0 Å². The molecular weight excluding hydrogens is 214 g/mol. The number of carbonyl (C=O) groups is 1. The van der Waals surface area contributed by atoms with Gasteiger partial charge in [-0.25, -0.2) is 0 Å². The van der Waals surface area contributed by atoms with Crippen LogP contribution in [0.15, 0.2) is 18.2 Å². The summed E-state index contributed by atoms with van der Waals surface area (Å²) in [5.41, 5.74) is 1.42. The molecule has 3 nitrogen and oxygen atoms in total. The Morgan fingerprint density at radius 3 is 2.41 bits per heavy atom. The van der Waals surface area contributed by atoms with Crippen molar-refractivity contribution in [1.29, 1.82) is 0 Å². The first-order chi connectivity index (χ1) is 7.71. The summed E-state index contributed by atoms with van der Waals surface area (Å²) in [5.74, 6) is 0.0906. The highest BCUT2D eigenvalue weighted by molar-refractivity contribution is 5.96. The second-order valence-corrected chi connectivity index (χ2v) is 5.56. The monoisotopic (exact) mass is 235 g/mol. The van der Waals surface area contributed by atoms with E-state index in [1.807, 2.05) is 13.8 Å². The average Bonchev–Trinajstić information content (AvgIpc) is 2.15. The molecule has 1 aromatic carbocycles. The minimum absolute atomic E-state index is 0.0283.